The highest BCUT2D eigenvalue weighted by Crippen LogP contribution is 2.30. The van der Waals surface area contributed by atoms with E-state index >= 15 is 0 Å². The van der Waals surface area contributed by atoms with Gasteiger partial charge in [0, 0.05) is 13.1 Å². The van der Waals surface area contributed by atoms with E-state index in [0.29, 0.717) is 0 Å². The largest absolute Gasteiger partial charge is 0.394 e. The lowest BCUT2D eigenvalue weighted by molar-refractivity contribution is -0.365. The van der Waals surface area contributed by atoms with E-state index in [9.17, 15) is 46.0 Å². The van der Waals surface area contributed by atoms with Gasteiger partial charge in [0.15, 0.2) is 12.6 Å². The Labute approximate surface area is 177 Å². The van der Waals surface area contributed by atoms with Gasteiger partial charge in [-0.3, -0.25) is 0 Å². The monoisotopic (exact) mass is 457 g/mol. The van der Waals surface area contributed by atoms with Crippen molar-refractivity contribution in [3.8, 4) is 0 Å². The summed E-state index contributed by atoms with van der Waals surface area (Å²) in [6, 6.07) is 0. The molecule has 0 aromatic rings. The number of piperidine rings is 1. The number of rotatable bonds is 6. The van der Waals surface area contributed by atoms with Gasteiger partial charge in [-0.2, -0.15) is 0 Å². The molecule has 3 saturated heterocycles. The van der Waals surface area contributed by atoms with Crippen molar-refractivity contribution in [1.29, 1.82) is 0 Å². The third-order valence-electron chi connectivity index (χ3n) is 5.74. The van der Waals surface area contributed by atoms with Gasteiger partial charge in [-0.15, -0.1) is 0 Å². The number of aliphatic hydroxyl groups excluding tert-OH is 9. The zero-order chi connectivity index (χ0) is 22.9. The molecule has 0 unspecified atom stereocenters. The molecule has 14 nitrogen and oxygen atoms in total. The summed E-state index contributed by atoms with van der Waals surface area (Å²) >= 11 is 0. The molecular formula is C17H31NO13. The van der Waals surface area contributed by atoms with Crippen LogP contribution in [0.5, 0.6) is 0 Å². The van der Waals surface area contributed by atoms with Crippen molar-refractivity contribution >= 4 is 0 Å². The second kappa shape index (κ2) is 10.6. The molecule has 0 aliphatic carbocycles. The quantitative estimate of drug-likeness (QED) is 0.179. The lowest BCUT2D eigenvalue weighted by atomic mass is 9.96. The van der Waals surface area contributed by atoms with Gasteiger partial charge in [-0.25, -0.2) is 0 Å². The van der Waals surface area contributed by atoms with Gasteiger partial charge in [-0.1, -0.05) is 0 Å². The predicted molar refractivity (Wildman–Crippen MR) is 96.2 cm³/mol. The highest BCUT2D eigenvalue weighted by Gasteiger charge is 2.51. The van der Waals surface area contributed by atoms with Crippen LogP contribution in [0.4, 0.5) is 0 Å². The van der Waals surface area contributed by atoms with Crippen LogP contribution in [0.25, 0.3) is 0 Å². The van der Waals surface area contributed by atoms with Crippen LogP contribution in [0.15, 0.2) is 0 Å². The first-order valence-corrected chi connectivity index (χ1v) is 10.00. The zero-order valence-electron chi connectivity index (χ0n) is 16.5. The smallest absolute Gasteiger partial charge is 0.187 e. The Kier molecular flexibility index (Phi) is 8.56. The number of β-amino-alcohol motifs (C(OH)–C–C–N with tert-alkyl or cyclic N) is 1. The summed E-state index contributed by atoms with van der Waals surface area (Å²) in [6.45, 7) is -1.12. The van der Waals surface area contributed by atoms with Crippen LogP contribution in [-0.2, 0) is 18.9 Å². The van der Waals surface area contributed by atoms with Crippen LogP contribution < -0.4 is 5.32 Å². The number of hydrogen-bond acceptors (Lipinski definition) is 14. The second-order valence-corrected chi connectivity index (χ2v) is 7.90. The second-order valence-electron chi connectivity index (χ2n) is 7.90. The lowest BCUT2D eigenvalue weighted by Crippen LogP contribution is -2.65. The molecule has 3 aliphatic heterocycles. The van der Waals surface area contributed by atoms with Crippen molar-refractivity contribution in [2.45, 2.75) is 79.7 Å². The summed E-state index contributed by atoms with van der Waals surface area (Å²) in [7, 11) is 0. The Morgan fingerprint density at radius 1 is 0.645 bits per heavy atom. The van der Waals surface area contributed by atoms with Gasteiger partial charge in [0.2, 0.25) is 0 Å². The van der Waals surface area contributed by atoms with E-state index < -0.39 is 92.9 Å². The van der Waals surface area contributed by atoms with Crippen molar-refractivity contribution in [2.24, 2.45) is 0 Å². The standard InChI is InChI=1S/C17H31NO13/c19-3-7-10(23)11(24)13(26)17(29-7)31-15-8(4-20)30-16(14(27)12(15)25)28-6-2-18-1-5(21)9(6)22/h5-27H,1-4H2/t5-,6+,7+,8+,9+,10+,11-,12+,13+,14+,15+,16-,17+/m0/s1. The van der Waals surface area contributed by atoms with E-state index in [4.69, 9.17) is 18.9 Å². The maximum absolute atomic E-state index is 10.5. The van der Waals surface area contributed by atoms with Gasteiger partial charge >= 0.3 is 0 Å². The Balaban J connectivity index is 1.68. The molecule has 31 heavy (non-hydrogen) atoms. The Morgan fingerprint density at radius 2 is 1.23 bits per heavy atom. The summed E-state index contributed by atoms with van der Waals surface area (Å²) in [5, 5.41) is 92.3. The minimum absolute atomic E-state index is 0.134. The molecule has 0 aromatic carbocycles. The van der Waals surface area contributed by atoms with Gasteiger partial charge < -0.3 is 70.2 Å². The van der Waals surface area contributed by atoms with Crippen molar-refractivity contribution in [2.75, 3.05) is 26.3 Å². The van der Waals surface area contributed by atoms with Crippen LogP contribution in [0.1, 0.15) is 0 Å². The summed E-state index contributed by atoms with van der Waals surface area (Å²) in [5.41, 5.74) is 0. The molecule has 3 fully saturated rings. The fourth-order valence-corrected chi connectivity index (χ4v) is 3.83. The van der Waals surface area contributed by atoms with E-state index in [1.54, 1.807) is 0 Å². The molecule has 0 amide bonds. The van der Waals surface area contributed by atoms with E-state index in [0.717, 1.165) is 0 Å². The fraction of sp³-hybridized carbons (Fsp3) is 1.00. The van der Waals surface area contributed by atoms with Gasteiger partial charge in [-0.05, 0) is 0 Å². The van der Waals surface area contributed by atoms with Crippen LogP contribution in [0.2, 0.25) is 0 Å². The molecule has 0 radical (unpaired) electrons. The highest BCUT2D eigenvalue weighted by atomic mass is 16.7. The molecule has 10 N–H and O–H groups in total. The van der Waals surface area contributed by atoms with Crippen molar-refractivity contribution < 1.29 is 64.9 Å². The SMILES string of the molecule is OC[C@H]1O[C@H](O[C@H]2[C@H](O)[C@@H](O)[C@@H](O[C@@H]3CNC[C@H](O)[C@H]3O)O[C@@H]2CO)[C@H](O)[C@@H](O)[C@@H]1O. The normalized spacial score (nSPS) is 51.6. The molecule has 13 atom stereocenters. The maximum Gasteiger partial charge on any atom is 0.187 e. The molecule has 3 aliphatic rings. The number of hydrogen-bond donors (Lipinski definition) is 10. The van der Waals surface area contributed by atoms with Crippen LogP contribution in [0, 0.1) is 0 Å². The summed E-state index contributed by atoms with van der Waals surface area (Å²) < 4.78 is 21.6. The topological polar surface area (TPSA) is 231 Å². The number of aliphatic hydroxyl groups is 9. The molecule has 0 spiro atoms. The summed E-state index contributed by atoms with van der Waals surface area (Å²) in [4.78, 5) is 0. The Hall–Kier alpha value is -0.560. The highest BCUT2D eigenvalue weighted by molar-refractivity contribution is 4.95. The van der Waals surface area contributed by atoms with Gasteiger partial charge in [0.05, 0.1) is 19.3 Å². The van der Waals surface area contributed by atoms with E-state index in [1.807, 2.05) is 0 Å². The van der Waals surface area contributed by atoms with E-state index in [-0.39, 0.29) is 13.1 Å². The van der Waals surface area contributed by atoms with Crippen molar-refractivity contribution in [1.82, 2.24) is 5.32 Å². The molecule has 0 bridgehead atoms. The minimum atomic E-state index is -1.76. The zero-order valence-corrected chi connectivity index (χ0v) is 16.5. The fourth-order valence-electron chi connectivity index (χ4n) is 3.83. The average Bonchev–Trinajstić information content (AvgIpc) is 2.76. The molecule has 0 saturated carbocycles. The predicted octanol–water partition coefficient (Wildman–Crippen LogP) is -6.68. The van der Waals surface area contributed by atoms with Gasteiger partial charge in [0.1, 0.15) is 61.0 Å². The van der Waals surface area contributed by atoms with E-state index in [1.165, 1.54) is 0 Å². The average molecular weight is 457 g/mol. The molecule has 3 rings (SSSR count). The molecule has 14 heteroatoms. The first-order chi connectivity index (χ1) is 14.7. The minimum Gasteiger partial charge on any atom is -0.394 e. The Morgan fingerprint density at radius 3 is 1.87 bits per heavy atom. The summed E-state index contributed by atoms with van der Waals surface area (Å²) in [6.07, 6.45) is -19.0. The molecule has 3 heterocycles. The third-order valence-corrected chi connectivity index (χ3v) is 5.74. The summed E-state index contributed by atoms with van der Waals surface area (Å²) in [5.74, 6) is 0. The third kappa shape index (κ3) is 5.18. The van der Waals surface area contributed by atoms with Crippen LogP contribution in [-0.4, -0.2) is 152 Å². The number of nitrogens with one attached hydrogen (secondary N) is 1. The van der Waals surface area contributed by atoms with Crippen molar-refractivity contribution in [3.05, 3.63) is 0 Å². The maximum atomic E-state index is 10.5. The van der Waals surface area contributed by atoms with E-state index in [2.05, 4.69) is 5.32 Å². The molecule has 182 valence electrons. The van der Waals surface area contributed by atoms with Gasteiger partial charge in [0.25, 0.3) is 0 Å². The molecular weight excluding hydrogens is 426 g/mol. The Bertz CT molecular complexity index is 568. The molecule has 0 aromatic heterocycles. The van der Waals surface area contributed by atoms with Crippen LogP contribution in [0.3, 0.4) is 0 Å². The first-order valence-electron chi connectivity index (χ1n) is 10.00. The van der Waals surface area contributed by atoms with Crippen LogP contribution >= 0.6 is 0 Å². The van der Waals surface area contributed by atoms with Crippen molar-refractivity contribution in [3.63, 3.8) is 0 Å². The lowest BCUT2D eigenvalue weighted by Gasteiger charge is -2.46. The first kappa shape index (κ1) is 25.1. The number of ether oxygens (including phenoxy) is 4.